The molecule has 0 aliphatic rings. The predicted molar refractivity (Wildman–Crippen MR) is 126 cm³/mol. The Kier molecular flexibility index (Phi) is 6.85. The Morgan fingerprint density at radius 2 is 1.70 bits per heavy atom. The molecule has 0 aliphatic heterocycles. The summed E-state index contributed by atoms with van der Waals surface area (Å²) in [6.07, 6.45) is 1.69. The van der Waals surface area contributed by atoms with Gasteiger partial charge in [0.05, 0.1) is 33.2 Å². The Morgan fingerprint density at radius 3 is 2.30 bits per heavy atom. The average Bonchev–Trinajstić information content (AvgIpc) is 3.48. The largest absolute Gasteiger partial charge is 0.493 e. The Labute approximate surface area is 196 Å². The first-order valence-electron chi connectivity index (χ1n) is 9.61. The van der Waals surface area contributed by atoms with Crippen LogP contribution in [-0.2, 0) is 0 Å². The number of hydrogen-bond donors (Lipinski definition) is 0. The molecule has 6 nitrogen and oxygen atoms in total. The minimum absolute atomic E-state index is 0.00850. The molecule has 10 heteroatoms. The first kappa shape index (κ1) is 22.7. The van der Waals surface area contributed by atoms with Crippen molar-refractivity contribution in [2.75, 3.05) is 21.3 Å². The molecule has 0 aliphatic carbocycles. The van der Waals surface area contributed by atoms with Crippen molar-refractivity contribution in [2.24, 2.45) is 10.1 Å². The van der Waals surface area contributed by atoms with Crippen molar-refractivity contribution in [1.29, 1.82) is 0 Å². The summed E-state index contributed by atoms with van der Waals surface area (Å²) in [5.74, 6) is -0.000223. The second-order valence-electron chi connectivity index (χ2n) is 6.64. The Balaban J connectivity index is 1.92. The van der Waals surface area contributed by atoms with Gasteiger partial charge in [-0.3, -0.25) is 0 Å². The van der Waals surface area contributed by atoms with E-state index in [0.29, 0.717) is 27.7 Å². The Bertz CT molecular complexity index is 1340. The molecule has 0 spiro atoms. The summed E-state index contributed by atoms with van der Waals surface area (Å²) in [6, 6.07) is 8.76. The van der Waals surface area contributed by atoms with Crippen LogP contribution in [0, 0.1) is 11.6 Å². The number of nitrogens with zero attached hydrogens (tertiary/aromatic N) is 3. The topological polar surface area (TPSA) is 57.3 Å². The molecule has 170 valence electrons. The zero-order valence-electron chi connectivity index (χ0n) is 17.9. The molecule has 0 fully saturated rings. The number of hydrogen-bond acceptors (Lipinski definition) is 7. The highest BCUT2D eigenvalue weighted by Gasteiger charge is 2.17. The molecule has 0 amide bonds. The predicted octanol–water partition coefficient (Wildman–Crippen LogP) is 5.70. The van der Waals surface area contributed by atoms with Crippen LogP contribution >= 0.6 is 22.7 Å². The first-order chi connectivity index (χ1) is 16.0. The number of thiazole rings is 1. The molecule has 0 unspecified atom stereocenters. The quantitative estimate of drug-likeness (QED) is 0.315. The van der Waals surface area contributed by atoms with E-state index in [1.165, 1.54) is 38.7 Å². The fraction of sp³-hybridized carbons (Fsp3) is 0.130. The summed E-state index contributed by atoms with van der Waals surface area (Å²) in [5.41, 5.74) is 2.32. The molecule has 4 aromatic rings. The highest BCUT2D eigenvalue weighted by molar-refractivity contribution is 7.08. The smallest absolute Gasteiger partial charge is 0.211 e. The van der Waals surface area contributed by atoms with Crippen LogP contribution in [0.25, 0.3) is 11.3 Å². The molecular formula is C23H19F2N3O3S2. The van der Waals surface area contributed by atoms with Crippen molar-refractivity contribution in [2.45, 2.75) is 0 Å². The van der Waals surface area contributed by atoms with Gasteiger partial charge in [0.2, 0.25) is 10.6 Å². The van der Waals surface area contributed by atoms with Crippen molar-refractivity contribution < 1.29 is 23.0 Å². The van der Waals surface area contributed by atoms with E-state index < -0.39 is 11.6 Å². The lowest BCUT2D eigenvalue weighted by atomic mass is 10.1. The number of halogens is 2. The van der Waals surface area contributed by atoms with E-state index in [-0.39, 0.29) is 5.69 Å². The summed E-state index contributed by atoms with van der Waals surface area (Å²) < 4.78 is 45.5. The molecule has 0 atom stereocenters. The van der Waals surface area contributed by atoms with Crippen LogP contribution < -0.4 is 19.0 Å². The summed E-state index contributed by atoms with van der Waals surface area (Å²) in [7, 11) is 4.61. The third-order valence-corrected chi connectivity index (χ3v) is 6.15. The standard InChI is InChI=1S/C23H19F2N3O3S2/c1-29-20-8-15(9-21(30-2)22(20)31-3)19-13-33-23(27-18-5-4-16(24)10-17(18)25)28(19)26-11-14-6-7-32-12-14/h4-13H,1-3H3. The lowest BCUT2D eigenvalue weighted by Gasteiger charge is -2.14. The van der Waals surface area contributed by atoms with Gasteiger partial charge < -0.3 is 14.2 Å². The molecule has 2 aromatic heterocycles. The molecule has 0 saturated carbocycles. The zero-order chi connectivity index (χ0) is 23.4. The number of benzene rings is 2. The van der Waals surface area contributed by atoms with Gasteiger partial charge in [0, 0.05) is 22.6 Å². The molecule has 2 aromatic carbocycles. The molecule has 0 radical (unpaired) electrons. The third-order valence-electron chi connectivity index (χ3n) is 4.64. The van der Waals surface area contributed by atoms with Crippen LogP contribution in [-0.4, -0.2) is 32.2 Å². The SMILES string of the molecule is COc1cc(-c2csc(=Nc3ccc(F)cc3F)n2N=Cc2ccsc2)cc(OC)c1OC. The molecule has 0 bridgehead atoms. The van der Waals surface area contributed by atoms with E-state index >= 15 is 0 Å². The molecule has 0 saturated heterocycles. The van der Waals surface area contributed by atoms with E-state index in [4.69, 9.17) is 14.2 Å². The van der Waals surface area contributed by atoms with Crippen LogP contribution in [0.15, 0.2) is 62.6 Å². The van der Waals surface area contributed by atoms with Crippen LogP contribution in [0.4, 0.5) is 14.5 Å². The van der Waals surface area contributed by atoms with Crippen LogP contribution in [0.5, 0.6) is 17.2 Å². The molecule has 4 rings (SSSR count). The van der Waals surface area contributed by atoms with E-state index in [9.17, 15) is 8.78 Å². The number of thiophene rings is 1. The lowest BCUT2D eigenvalue weighted by molar-refractivity contribution is 0.324. The first-order valence-corrected chi connectivity index (χ1v) is 11.4. The third kappa shape index (κ3) is 4.81. The maximum absolute atomic E-state index is 14.3. The fourth-order valence-corrected chi connectivity index (χ4v) is 4.52. The molecule has 2 heterocycles. The van der Waals surface area contributed by atoms with Gasteiger partial charge in [-0.15, -0.1) is 11.3 Å². The number of methoxy groups -OCH3 is 3. The Hall–Kier alpha value is -3.50. The zero-order valence-corrected chi connectivity index (χ0v) is 19.5. The fourth-order valence-electron chi connectivity index (χ4n) is 3.06. The van der Waals surface area contributed by atoms with Gasteiger partial charge >= 0.3 is 0 Å². The molecule has 33 heavy (non-hydrogen) atoms. The van der Waals surface area contributed by atoms with Crippen LogP contribution in [0.3, 0.4) is 0 Å². The molecular weight excluding hydrogens is 468 g/mol. The summed E-state index contributed by atoms with van der Waals surface area (Å²) in [4.78, 5) is 4.79. The van der Waals surface area contributed by atoms with Gasteiger partial charge in [0.1, 0.15) is 11.5 Å². The second-order valence-corrected chi connectivity index (χ2v) is 8.25. The van der Waals surface area contributed by atoms with E-state index in [0.717, 1.165) is 23.3 Å². The minimum Gasteiger partial charge on any atom is -0.493 e. The Morgan fingerprint density at radius 1 is 0.939 bits per heavy atom. The van der Waals surface area contributed by atoms with Gasteiger partial charge in [-0.05, 0) is 41.1 Å². The summed E-state index contributed by atoms with van der Waals surface area (Å²) >= 11 is 2.81. The van der Waals surface area contributed by atoms with Gasteiger partial charge in [0.15, 0.2) is 17.3 Å². The highest BCUT2D eigenvalue weighted by atomic mass is 32.1. The van der Waals surface area contributed by atoms with Crippen LogP contribution in [0.1, 0.15) is 5.56 Å². The number of aromatic nitrogens is 1. The maximum atomic E-state index is 14.3. The van der Waals surface area contributed by atoms with Gasteiger partial charge in [0.25, 0.3) is 0 Å². The normalized spacial score (nSPS) is 11.8. The van der Waals surface area contributed by atoms with Crippen molar-refractivity contribution in [1.82, 2.24) is 4.68 Å². The highest BCUT2D eigenvalue weighted by Crippen LogP contribution is 2.41. The van der Waals surface area contributed by atoms with Crippen molar-refractivity contribution >= 4 is 34.6 Å². The summed E-state index contributed by atoms with van der Waals surface area (Å²) in [6.45, 7) is 0. The van der Waals surface area contributed by atoms with Gasteiger partial charge in [-0.1, -0.05) is 0 Å². The second kappa shape index (κ2) is 9.97. The van der Waals surface area contributed by atoms with E-state index in [2.05, 4.69) is 10.1 Å². The van der Waals surface area contributed by atoms with Crippen LogP contribution in [0.2, 0.25) is 0 Å². The number of rotatable bonds is 7. The van der Waals surface area contributed by atoms with Gasteiger partial charge in [-0.25, -0.2) is 18.4 Å². The molecule has 0 N–H and O–H groups in total. The van der Waals surface area contributed by atoms with E-state index in [1.807, 2.05) is 22.2 Å². The van der Waals surface area contributed by atoms with Crippen molar-refractivity contribution in [3.8, 4) is 28.5 Å². The van der Waals surface area contributed by atoms with Gasteiger partial charge in [-0.2, -0.15) is 16.4 Å². The monoisotopic (exact) mass is 487 g/mol. The van der Waals surface area contributed by atoms with Crippen molar-refractivity contribution in [3.05, 3.63) is 74.5 Å². The average molecular weight is 488 g/mol. The lowest BCUT2D eigenvalue weighted by Crippen LogP contribution is -2.12. The number of ether oxygens (including phenoxy) is 3. The van der Waals surface area contributed by atoms with Crippen molar-refractivity contribution in [3.63, 3.8) is 0 Å². The minimum atomic E-state index is -0.758. The van der Waals surface area contributed by atoms with E-state index in [1.54, 1.807) is 34.4 Å². The summed E-state index contributed by atoms with van der Waals surface area (Å²) in [5, 5.41) is 10.3. The maximum Gasteiger partial charge on any atom is 0.211 e.